The first kappa shape index (κ1) is 20.1. The monoisotopic (exact) mass is 365 g/mol. The summed E-state index contributed by atoms with van der Waals surface area (Å²) >= 11 is 0. The third-order valence-electron chi connectivity index (χ3n) is 4.54. The van der Waals surface area contributed by atoms with Crippen LogP contribution in [0.2, 0.25) is 0 Å². The fourth-order valence-corrected chi connectivity index (χ4v) is 3.18. The van der Waals surface area contributed by atoms with Crippen molar-refractivity contribution in [1.82, 2.24) is 0 Å². The van der Waals surface area contributed by atoms with E-state index in [0.29, 0.717) is 6.42 Å². The highest BCUT2D eigenvalue weighted by atomic mass is 19.1. The molecule has 7 heteroatoms. The number of hydrogen-bond donors (Lipinski definition) is 2. The number of halogens is 2. The molecule has 1 aromatic carbocycles. The smallest absolute Gasteiger partial charge is 0.220 e. The minimum absolute atomic E-state index is 0.0765. The first-order chi connectivity index (χ1) is 12.5. The molecular formula is C19H29F2N5. The lowest BCUT2D eigenvalue weighted by Gasteiger charge is -2.32. The minimum Gasteiger partial charge on any atom is -0.369 e. The number of anilines is 1. The number of nitrogens with two attached hydrogens (primary N) is 2. The van der Waals surface area contributed by atoms with Gasteiger partial charge in [-0.2, -0.15) is 4.99 Å². The molecule has 2 rings (SSSR count). The van der Waals surface area contributed by atoms with Crippen LogP contribution in [0, 0.1) is 11.6 Å². The molecule has 0 bridgehead atoms. The number of aliphatic imine (C=N–C) groups is 2. The van der Waals surface area contributed by atoms with E-state index in [0.717, 1.165) is 18.9 Å². The molecule has 1 aromatic rings. The van der Waals surface area contributed by atoms with Crippen LogP contribution < -0.4 is 16.4 Å². The summed E-state index contributed by atoms with van der Waals surface area (Å²) in [4.78, 5) is 9.73. The van der Waals surface area contributed by atoms with Gasteiger partial charge in [-0.15, -0.1) is 0 Å². The van der Waals surface area contributed by atoms with Crippen molar-refractivity contribution in [1.29, 1.82) is 0 Å². The quantitative estimate of drug-likeness (QED) is 0.608. The normalized spacial score (nSPS) is 17.2. The van der Waals surface area contributed by atoms with Crippen molar-refractivity contribution in [2.75, 3.05) is 4.90 Å². The molecule has 0 amide bonds. The molecule has 1 unspecified atom stereocenters. The van der Waals surface area contributed by atoms with Gasteiger partial charge < -0.3 is 11.5 Å². The van der Waals surface area contributed by atoms with Gasteiger partial charge in [-0.25, -0.2) is 13.8 Å². The predicted octanol–water partition coefficient (Wildman–Crippen LogP) is 4.27. The summed E-state index contributed by atoms with van der Waals surface area (Å²) in [6.07, 6.45) is 9.79. The molecular weight excluding hydrogens is 336 g/mol. The Balaban J connectivity index is 1.93. The Kier molecular flexibility index (Phi) is 7.81. The lowest BCUT2D eigenvalue weighted by Crippen LogP contribution is -2.49. The second kappa shape index (κ2) is 10.1. The van der Waals surface area contributed by atoms with Gasteiger partial charge in [0.15, 0.2) is 0 Å². The molecule has 0 saturated carbocycles. The third-order valence-corrected chi connectivity index (χ3v) is 4.54. The highest BCUT2D eigenvalue weighted by molar-refractivity contribution is 6.04. The summed E-state index contributed by atoms with van der Waals surface area (Å²) in [5, 5.41) is 0. The van der Waals surface area contributed by atoms with Crippen LogP contribution in [-0.4, -0.2) is 18.1 Å². The van der Waals surface area contributed by atoms with E-state index >= 15 is 0 Å². The van der Waals surface area contributed by atoms with Gasteiger partial charge in [0.25, 0.3) is 0 Å². The van der Waals surface area contributed by atoms with Crippen LogP contribution in [0.3, 0.4) is 0 Å². The maximum Gasteiger partial charge on any atom is 0.220 e. The molecule has 144 valence electrons. The second-order valence-electron chi connectivity index (χ2n) is 6.67. The number of rotatable bonds is 10. The van der Waals surface area contributed by atoms with Crippen LogP contribution in [0.5, 0.6) is 0 Å². The molecule has 5 nitrogen and oxygen atoms in total. The zero-order valence-electron chi connectivity index (χ0n) is 15.4. The van der Waals surface area contributed by atoms with Crippen molar-refractivity contribution in [2.24, 2.45) is 21.5 Å². The molecule has 0 spiro atoms. The van der Waals surface area contributed by atoms with Crippen LogP contribution in [0.15, 0.2) is 28.2 Å². The SMILES string of the molecule is CCCCCCCCCCC1N=C(N)N=C(N)N1c1ccc(F)cc1F. The number of unbranched alkanes of at least 4 members (excludes halogenated alkanes) is 7. The number of guanidine groups is 2. The van der Waals surface area contributed by atoms with Crippen molar-refractivity contribution < 1.29 is 8.78 Å². The van der Waals surface area contributed by atoms with Crippen molar-refractivity contribution >= 4 is 17.6 Å². The molecule has 0 radical (unpaired) electrons. The van der Waals surface area contributed by atoms with Crippen molar-refractivity contribution in [3.63, 3.8) is 0 Å². The summed E-state index contributed by atoms with van der Waals surface area (Å²) in [7, 11) is 0. The maximum absolute atomic E-state index is 14.2. The van der Waals surface area contributed by atoms with Gasteiger partial charge in [0.05, 0.1) is 5.69 Å². The van der Waals surface area contributed by atoms with Gasteiger partial charge in [-0.05, 0) is 25.0 Å². The molecule has 0 aromatic heterocycles. The number of nitrogens with zero attached hydrogens (tertiary/aromatic N) is 3. The molecule has 26 heavy (non-hydrogen) atoms. The van der Waals surface area contributed by atoms with Crippen molar-refractivity contribution in [3.05, 3.63) is 29.8 Å². The van der Waals surface area contributed by atoms with Gasteiger partial charge in [-0.1, -0.05) is 51.9 Å². The Morgan fingerprint density at radius 3 is 2.31 bits per heavy atom. The first-order valence-electron chi connectivity index (χ1n) is 9.44. The summed E-state index contributed by atoms with van der Waals surface area (Å²) in [5.74, 6) is -1.17. The van der Waals surface area contributed by atoms with Crippen LogP contribution in [0.1, 0.15) is 64.7 Å². The molecule has 1 aliphatic rings. The van der Waals surface area contributed by atoms with Gasteiger partial charge in [0, 0.05) is 6.07 Å². The molecule has 0 fully saturated rings. The summed E-state index contributed by atoms with van der Waals surface area (Å²) in [6.45, 7) is 2.21. The fraction of sp³-hybridized carbons (Fsp3) is 0.579. The highest BCUT2D eigenvalue weighted by Gasteiger charge is 2.27. The number of hydrogen-bond acceptors (Lipinski definition) is 5. The Bertz CT molecular complexity index is 645. The Labute approximate surface area is 154 Å². The van der Waals surface area contributed by atoms with Gasteiger partial charge in [0.1, 0.15) is 17.8 Å². The maximum atomic E-state index is 14.2. The largest absolute Gasteiger partial charge is 0.369 e. The van der Waals surface area contributed by atoms with Crippen molar-refractivity contribution in [2.45, 2.75) is 70.9 Å². The van der Waals surface area contributed by atoms with Gasteiger partial charge >= 0.3 is 0 Å². The standard InChI is InChI=1S/C19H29F2N5/c1-2-3-4-5-6-7-8-9-10-17-24-18(22)25-19(23)26(17)16-12-11-14(20)13-15(16)21/h11-13,17H,2-10H2,1H3,(H4,22,23,24,25). The molecule has 0 aliphatic carbocycles. The van der Waals surface area contributed by atoms with E-state index in [1.54, 1.807) is 0 Å². The van der Waals surface area contributed by atoms with E-state index in [4.69, 9.17) is 11.5 Å². The van der Waals surface area contributed by atoms with Crippen molar-refractivity contribution in [3.8, 4) is 0 Å². The second-order valence-corrected chi connectivity index (χ2v) is 6.67. The van der Waals surface area contributed by atoms with Crippen LogP contribution in [-0.2, 0) is 0 Å². The van der Waals surface area contributed by atoms with Gasteiger partial charge in [0.2, 0.25) is 11.9 Å². The fourth-order valence-electron chi connectivity index (χ4n) is 3.18. The summed E-state index contributed by atoms with van der Waals surface area (Å²) in [6, 6.07) is 3.38. The Morgan fingerprint density at radius 2 is 1.65 bits per heavy atom. The zero-order chi connectivity index (χ0) is 18.9. The predicted molar refractivity (Wildman–Crippen MR) is 103 cm³/mol. The van der Waals surface area contributed by atoms with E-state index in [-0.39, 0.29) is 17.6 Å². The molecule has 1 heterocycles. The zero-order valence-corrected chi connectivity index (χ0v) is 15.4. The molecule has 1 atom stereocenters. The van der Waals surface area contributed by atoms with Gasteiger partial charge in [-0.3, -0.25) is 4.90 Å². The van der Waals surface area contributed by atoms with E-state index in [9.17, 15) is 8.78 Å². The third kappa shape index (κ3) is 5.68. The topological polar surface area (TPSA) is 80.0 Å². The first-order valence-corrected chi connectivity index (χ1v) is 9.44. The molecule has 1 aliphatic heterocycles. The number of benzene rings is 1. The summed E-state index contributed by atoms with van der Waals surface area (Å²) in [5.41, 5.74) is 11.8. The Morgan fingerprint density at radius 1 is 1.00 bits per heavy atom. The van der Waals surface area contributed by atoms with E-state index in [1.165, 1.54) is 55.6 Å². The van der Waals surface area contributed by atoms with E-state index < -0.39 is 17.8 Å². The minimum atomic E-state index is -0.695. The average molecular weight is 365 g/mol. The van der Waals surface area contributed by atoms with E-state index in [1.807, 2.05) is 0 Å². The molecule has 0 saturated heterocycles. The summed E-state index contributed by atoms with van der Waals surface area (Å²) < 4.78 is 27.4. The van der Waals surface area contributed by atoms with Crippen LogP contribution in [0.4, 0.5) is 14.5 Å². The van der Waals surface area contributed by atoms with Crippen LogP contribution in [0.25, 0.3) is 0 Å². The Hall–Kier alpha value is -2.18. The molecule has 4 N–H and O–H groups in total. The van der Waals surface area contributed by atoms with E-state index in [2.05, 4.69) is 16.9 Å². The lowest BCUT2D eigenvalue weighted by molar-refractivity contribution is 0.524. The highest BCUT2D eigenvalue weighted by Crippen LogP contribution is 2.26. The average Bonchev–Trinajstić information content (AvgIpc) is 2.58. The van der Waals surface area contributed by atoms with Crippen LogP contribution >= 0.6 is 0 Å². The lowest BCUT2D eigenvalue weighted by atomic mass is 10.1.